The van der Waals surface area contributed by atoms with Gasteiger partial charge in [0, 0.05) is 30.5 Å². The largest absolute Gasteiger partial charge is 0.459 e. The third kappa shape index (κ3) is 2.38. The van der Waals surface area contributed by atoms with Gasteiger partial charge in [-0.25, -0.2) is 4.79 Å². The van der Waals surface area contributed by atoms with Crippen molar-refractivity contribution < 1.29 is 14.6 Å². The fourth-order valence-electron chi connectivity index (χ4n) is 2.86. The van der Waals surface area contributed by atoms with Crippen LogP contribution in [0.1, 0.15) is 33.1 Å². The molecule has 2 rings (SSSR count). The zero-order chi connectivity index (χ0) is 12.6. The number of fused-ring (bicyclic) bond motifs is 2. The summed E-state index contributed by atoms with van der Waals surface area (Å²) < 4.78 is 5.48. The topological polar surface area (TPSA) is 49.8 Å². The van der Waals surface area contributed by atoms with Crippen LogP contribution >= 0.6 is 0 Å². The second-order valence-corrected chi connectivity index (χ2v) is 5.16. The van der Waals surface area contributed by atoms with Gasteiger partial charge in [0.05, 0.1) is 6.10 Å². The van der Waals surface area contributed by atoms with E-state index in [0.717, 1.165) is 19.3 Å². The summed E-state index contributed by atoms with van der Waals surface area (Å²) in [5, 5.41) is 9.88. The second-order valence-electron chi connectivity index (χ2n) is 5.16. The molecule has 2 aliphatic heterocycles. The SMILES string of the molecule is C/C=C(\C)C(=O)OC1C[C@H]2CC(O)[C@@H](C1)N2C. The molecule has 2 aliphatic rings. The Bertz CT molecular complexity index is 340. The molecule has 17 heavy (non-hydrogen) atoms. The summed E-state index contributed by atoms with van der Waals surface area (Å²) in [4.78, 5) is 13.9. The molecular formula is C13H21NO3. The molecule has 4 atom stereocenters. The standard InChI is InChI=1S/C13H21NO3/c1-4-8(2)13(16)17-10-5-9-6-12(15)11(7-10)14(9)3/h4,9-12,15H,5-7H2,1-3H3/b8-4+/t9-,10?,11+,12?/m0/s1. The van der Waals surface area contributed by atoms with E-state index in [0.29, 0.717) is 11.6 Å². The highest BCUT2D eigenvalue weighted by atomic mass is 16.5. The molecule has 4 nitrogen and oxygen atoms in total. The van der Waals surface area contributed by atoms with Crippen molar-refractivity contribution in [1.29, 1.82) is 0 Å². The van der Waals surface area contributed by atoms with Crippen molar-refractivity contribution in [2.75, 3.05) is 7.05 Å². The summed E-state index contributed by atoms with van der Waals surface area (Å²) in [6.07, 6.45) is 3.85. The van der Waals surface area contributed by atoms with Crippen molar-refractivity contribution in [2.24, 2.45) is 0 Å². The van der Waals surface area contributed by atoms with Gasteiger partial charge in [0.25, 0.3) is 0 Å². The molecule has 1 N–H and O–H groups in total. The minimum atomic E-state index is -0.267. The van der Waals surface area contributed by atoms with Crippen molar-refractivity contribution in [1.82, 2.24) is 4.90 Å². The van der Waals surface area contributed by atoms with E-state index in [-0.39, 0.29) is 24.2 Å². The minimum Gasteiger partial charge on any atom is -0.459 e. The number of likely N-dealkylation sites (N-methyl/N-ethyl adjacent to an activating group) is 1. The number of rotatable bonds is 2. The number of allylic oxidation sites excluding steroid dienone is 1. The van der Waals surface area contributed by atoms with Gasteiger partial charge in [-0.1, -0.05) is 6.08 Å². The first-order valence-corrected chi connectivity index (χ1v) is 6.26. The molecule has 2 bridgehead atoms. The van der Waals surface area contributed by atoms with Gasteiger partial charge in [0.2, 0.25) is 0 Å². The first-order valence-electron chi connectivity index (χ1n) is 6.26. The van der Waals surface area contributed by atoms with Gasteiger partial charge in [-0.05, 0) is 27.3 Å². The van der Waals surface area contributed by atoms with Gasteiger partial charge in [-0.3, -0.25) is 4.90 Å². The summed E-state index contributed by atoms with van der Waals surface area (Å²) in [5.41, 5.74) is 0.650. The van der Waals surface area contributed by atoms with Crippen LogP contribution in [0.25, 0.3) is 0 Å². The molecular weight excluding hydrogens is 218 g/mol. The van der Waals surface area contributed by atoms with Crippen molar-refractivity contribution in [3.63, 3.8) is 0 Å². The van der Waals surface area contributed by atoms with Crippen LogP contribution in [0.15, 0.2) is 11.6 Å². The minimum absolute atomic E-state index is 0.0410. The van der Waals surface area contributed by atoms with Crippen LogP contribution < -0.4 is 0 Å². The molecule has 0 aromatic heterocycles. The van der Waals surface area contributed by atoms with Crippen LogP contribution in [0, 0.1) is 0 Å². The Labute approximate surface area is 102 Å². The summed E-state index contributed by atoms with van der Waals surface area (Å²) in [6, 6.07) is 0.505. The number of esters is 1. The zero-order valence-electron chi connectivity index (χ0n) is 10.7. The van der Waals surface area contributed by atoms with E-state index in [9.17, 15) is 9.90 Å². The predicted molar refractivity (Wildman–Crippen MR) is 64.5 cm³/mol. The van der Waals surface area contributed by atoms with E-state index in [1.54, 1.807) is 13.0 Å². The Kier molecular flexibility index (Phi) is 3.54. The van der Waals surface area contributed by atoms with Gasteiger partial charge in [-0.15, -0.1) is 0 Å². The molecule has 2 fully saturated rings. The zero-order valence-corrected chi connectivity index (χ0v) is 10.7. The number of ether oxygens (including phenoxy) is 1. The Morgan fingerprint density at radius 3 is 2.71 bits per heavy atom. The third-order valence-corrected chi connectivity index (χ3v) is 4.12. The highest BCUT2D eigenvalue weighted by Gasteiger charge is 2.45. The molecule has 4 heteroatoms. The van der Waals surface area contributed by atoms with Crippen LogP contribution in [-0.4, -0.2) is 47.3 Å². The van der Waals surface area contributed by atoms with E-state index in [4.69, 9.17) is 4.74 Å². The number of hydrogen-bond donors (Lipinski definition) is 1. The van der Waals surface area contributed by atoms with Crippen LogP contribution in [0.5, 0.6) is 0 Å². The normalized spacial score (nSPS) is 38.2. The Morgan fingerprint density at radius 2 is 2.12 bits per heavy atom. The monoisotopic (exact) mass is 239 g/mol. The van der Waals surface area contributed by atoms with Crippen molar-refractivity contribution >= 4 is 5.97 Å². The fraction of sp³-hybridized carbons (Fsp3) is 0.769. The summed E-state index contributed by atoms with van der Waals surface area (Å²) in [6.45, 7) is 3.60. The number of aliphatic hydroxyl groups excluding tert-OH is 1. The number of carbonyl (C=O) groups is 1. The number of piperidine rings is 1. The third-order valence-electron chi connectivity index (χ3n) is 4.12. The van der Waals surface area contributed by atoms with Gasteiger partial charge in [0.15, 0.2) is 0 Å². The van der Waals surface area contributed by atoms with Crippen molar-refractivity contribution in [3.8, 4) is 0 Å². The Balaban J connectivity index is 1.96. The van der Waals surface area contributed by atoms with E-state index in [1.165, 1.54) is 0 Å². The molecule has 0 aromatic rings. The maximum atomic E-state index is 11.7. The molecule has 2 saturated heterocycles. The van der Waals surface area contributed by atoms with Gasteiger partial charge < -0.3 is 9.84 Å². The first-order chi connectivity index (χ1) is 8.02. The average molecular weight is 239 g/mol. The average Bonchev–Trinajstić information content (AvgIpc) is 2.49. The van der Waals surface area contributed by atoms with E-state index < -0.39 is 0 Å². The molecule has 0 amide bonds. The van der Waals surface area contributed by atoms with Crippen LogP contribution in [0.3, 0.4) is 0 Å². The Hall–Kier alpha value is -0.870. The Morgan fingerprint density at radius 1 is 1.41 bits per heavy atom. The van der Waals surface area contributed by atoms with Gasteiger partial charge >= 0.3 is 5.97 Å². The molecule has 0 aliphatic carbocycles. The van der Waals surface area contributed by atoms with Crippen molar-refractivity contribution in [2.45, 2.75) is 57.4 Å². The van der Waals surface area contributed by atoms with Gasteiger partial charge in [0.1, 0.15) is 6.10 Å². The smallest absolute Gasteiger partial charge is 0.333 e. The summed E-state index contributed by atoms with van der Waals surface area (Å²) in [7, 11) is 2.04. The molecule has 0 aromatic carbocycles. The van der Waals surface area contributed by atoms with Crippen LogP contribution in [-0.2, 0) is 9.53 Å². The summed E-state index contributed by atoms with van der Waals surface area (Å²) >= 11 is 0. The maximum absolute atomic E-state index is 11.7. The lowest BCUT2D eigenvalue weighted by atomic mass is 10.00. The molecule has 96 valence electrons. The molecule has 2 unspecified atom stereocenters. The maximum Gasteiger partial charge on any atom is 0.333 e. The number of hydrogen-bond acceptors (Lipinski definition) is 4. The lowest BCUT2D eigenvalue weighted by molar-refractivity contribution is -0.147. The van der Waals surface area contributed by atoms with E-state index >= 15 is 0 Å². The van der Waals surface area contributed by atoms with Crippen molar-refractivity contribution in [3.05, 3.63) is 11.6 Å². The molecule has 0 saturated carbocycles. The van der Waals surface area contributed by atoms with Gasteiger partial charge in [-0.2, -0.15) is 0 Å². The number of carbonyl (C=O) groups excluding carboxylic acids is 1. The number of nitrogens with zero attached hydrogens (tertiary/aromatic N) is 1. The molecule has 2 heterocycles. The van der Waals surface area contributed by atoms with Crippen LogP contribution in [0.4, 0.5) is 0 Å². The predicted octanol–water partition coefficient (Wildman–Crippen LogP) is 1.09. The quantitative estimate of drug-likeness (QED) is 0.579. The summed E-state index contributed by atoms with van der Waals surface area (Å²) in [5.74, 6) is -0.226. The number of aliphatic hydroxyl groups is 1. The highest BCUT2D eigenvalue weighted by molar-refractivity contribution is 5.87. The first kappa shape index (κ1) is 12.6. The lowest BCUT2D eigenvalue weighted by Crippen LogP contribution is -2.45. The van der Waals surface area contributed by atoms with Crippen LogP contribution in [0.2, 0.25) is 0 Å². The lowest BCUT2D eigenvalue weighted by Gasteiger charge is -2.36. The van der Waals surface area contributed by atoms with E-state index in [2.05, 4.69) is 4.90 Å². The molecule has 0 radical (unpaired) electrons. The highest BCUT2D eigenvalue weighted by Crippen LogP contribution is 2.35. The fourth-order valence-corrected chi connectivity index (χ4v) is 2.86. The van der Waals surface area contributed by atoms with E-state index in [1.807, 2.05) is 14.0 Å². The molecule has 0 spiro atoms. The second kappa shape index (κ2) is 4.78.